The minimum atomic E-state index is -0.919. The summed E-state index contributed by atoms with van der Waals surface area (Å²) >= 11 is 3.34. The maximum atomic E-state index is 10.7. The number of hydrogen-bond acceptors (Lipinski definition) is 3. The van der Waals surface area contributed by atoms with Crippen molar-refractivity contribution in [1.29, 1.82) is 0 Å². The minimum absolute atomic E-state index is 0.119. The van der Waals surface area contributed by atoms with Gasteiger partial charge >= 0.3 is 5.97 Å². The first-order chi connectivity index (χ1) is 7.36. The molecule has 0 saturated heterocycles. The predicted octanol–water partition coefficient (Wildman–Crippen LogP) is 2.11. The van der Waals surface area contributed by atoms with E-state index in [1.165, 1.54) is 0 Å². The number of carbonyl (C=O) groups is 1. The Kier molecular flexibility index (Phi) is 3.93. The largest absolute Gasteiger partial charge is 0.496 e. The molecule has 0 aliphatic rings. The van der Waals surface area contributed by atoms with Crippen molar-refractivity contribution in [3.8, 4) is 5.75 Å². The van der Waals surface area contributed by atoms with Gasteiger partial charge in [0.05, 0.1) is 18.0 Å². The molecule has 1 atom stereocenters. The molecule has 0 heterocycles. The van der Waals surface area contributed by atoms with E-state index in [-0.39, 0.29) is 6.42 Å². The number of rotatable bonds is 4. The van der Waals surface area contributed by atoms with Crippen molar-refractivity contribution in [2.75, 3.05) is 7.11 Å². The topological polar surface area (TPSA) is 72.5 Å². The molecule has 3 N–H and O–H groups in total. The van der Waals surface area contributed by atoms with Crippen LogP contribution in [0.4, 0.5) is 0 Å². The third-order valence-electron chi connectivity index (χ3n) is 2.33. The number of carboxylic acid groups (broad SMARTS) is 1. The lowest BCUT2D eigenvalue weighted by Crippen LogP contribution is -2.35. The number of aliphatic carboxylic acids is 1. The summed E-state index contributed by atoms with van der Waals surface area (Å²) in [6.07, 6.45) is -0.119. The Hall–Kier alpha value is -1.07. The van der Waals surface area contributed by atoms with Crippen LogP contribution in [0.15, 0.2) is 22.7 Å². The van der Waals surface area contributed by atoms with Gasteiger partial charge in [-0.3, -0.25) is 4.79 Å². The molecule has 1 unspecified atom stereocenters. The molecule has 4 nitrogen and oxygen atoms in total. The van der Waals surface area contributed by atoms with Crippen LogP contribution in [0.1, 0.15) is 18.9 Å². The Morgan fingerprint density at radius 2 is 2.25 bits per heavy atom. The first-order valence-corrected chi connectivity index (χ1v) is 5.51. The zero-order chi connectivity index (χ0) is 12.3. The van der Waals surface area contributed by atoms with Crippen LogP contribution in [0.5, 0.6) is 5.75 Å². The summed E-state index contributed by atoms with van der Waals surface area (Å²) in [5, 5.41) is 8.76. The third kappa shape index (κ3) is 2.96. The minimum Gasteiger partial charge on any atom is -0.496 e. The summed E-state index contributed by atoms with van der Waals surface area (Å²) in [5.74, 6) is -0.230. The molecule has 0 amide bonds. The molecule has 0 aliphatic heterocycles. The zero-order valence-electron chi connectivity index (χ0n) is 9.16. The van der Waals surface area contributed by atoms with E-state index in [2.05, 4.69) is 15.9 Å². The van der Waals surface area contributed by atoms with Crippen LogP contribution in [-0.4, -0.2) is 18.2 Å². The van der Waals surface area contributed by atoms with E-state index in [9.17, 15) is 4.79 Å². The maximum Gasteiger partial charge on any atom is 0.305 e. The molecular formula is C11H14BrNO3. The van der Waals surface area contributed by atoms with E-state index >= 15 is 0 Å². The normalized spacial score (nSPS) is 14.2. The first-order valence-electron chi connectivity index (χ1n) is 4.71. The average Bonchev–Trinajstić information content (AvgIpc) is 2.15. The van der Waals surface area contributed by atoms with Gasteiger partial charge < -0.3 is 15.6 Å². The molecule has 0 aromatic heterocycles. The fraction of sp³-hybridized carbons (Fsp3) is 0.364. The first kappa shape index (κ1) is 13.0. The van der Waals surface area contributed by atoms with Gasteiger partial charge in [0.15, 0.2) is 0 Å². The van der Waals surface area contributed by atoms with Crippen LogP contribution < -0.4 is 10.5 Å². The van der Waals surface area contributed by atoms with Gasteiger partial charge in [0.25, 0.3) is 0 Å². The second-order valence-corrected chi connectivity index (χ2v) is 4.69. The number of hydrogen-bond donors (Lipinski definition) is 2. The molecule has 1 aromatic carbocycles. The van der Waals surface area contributed by atoms with Crippen LogP contribution in [0.2, 0.25) is 0 Å². The van der Waals surface area contributed by atoms with Crippen molar-refractivity contribution in [3.63, 3.8) is 0 Å². The summed E-state index contributed by atoms with van der Waals surface area (Å²) in [6.45, 7) is 1.69. The number of methoxy groups -OCH3 is 1. The molecule has 0 fully saturated rings. The number of benzene rings is 1. The SMILES string of the molecule is COc1ccc(C(C)(N)CC(=O)O)cc1Br. The molecule has 88 valence electrons. The van der Waals surface area contributed by atoms with E-state index in [1.807, 2.05) is 0 Å². The zero-order valence-corrected chi connectivity index (χ0v) is 10.7. The molecular weight excluding hydrogens is 274 g/mol. The van der Waals surface area contributed by atoms with Crippen molar-refractivity contribution in [2.24, 2.45) is 5.73 Å². The van der Waals surface area contributed by atoms with Crippen molar-refractivity contribution in [1.82, 2.24) is 0 Å². The predicted molar refractivity (Wildman–Crippen MR) is 64.5 cm³/mol. The second kappa shape index (κ2) is 4.84. The maximum absolute atomic E-state index is 10.7. The van der Waals surface area contributed by atoms with Crippen LogP contribution in [0.25, 0.3) is 0 Å². The standard InChI is InChI=1S/C11H14BrNO3/c1-11(13,6-10(14)15)7-3-4-9(16-2)8(12)5-7/h3-5H,6,13H2,1-2H3,(H,14,15). The summed E-state index contributed by atoms with van der Waals surface area (Å²) in [6, 6.07) is 5.31. The Morgan fingerprint density at radius 1 is 1.62 bits per heavy atom. The van der Waals surface area contributed by atoms with Crippen LogP contribution in [0, 0.1) is 0 Å². The second-order valence-electron chi connectivity index (χ2n) is 3.84. The molecule has 0 saturated carbocycles. The fourth-order valence-electron chi connectivity index (χ4n) is 1.44. The van der Waals surface area contributed by atoms with Gasteiger partial charge in [-0.25, -0.2) is 0 Å². The van der Waals surface area contributed by atoms with E-state index in [0.29, 0.717) is 5.75 Å². The van der Waals surface area contributed by atoms with Gasteiger partial charge in [0, 0.05) is 5.54 Å². The van der Waals surface area contributed by atoms with Gasteiger partial charge in [-0.05, 0) is 40.5 Å². The van der Waals surface area contributed by atoms with Crippen molar-refractivity contribution < 1.29 is 14.6 Å². The third-order valence-corrected chi connectivity index (χ3v) is 2.95. The van der Waals surface area contributed by atoms with Gasteiger partial charge in [-0.15, -0.1) is 0 Å². The Balaban J connectivity index is 3.04. The Morgan fingerprint density at radius 3 is 2.69 bits per heavy atom. The Bertz CT molecular complexity index is 404. The highest BCUT2D eigenvalue weighted by atomic mass is 79.9. The molecule has 0 aliphatic carbocycles. The lowest BCUT2D eigenvalue weighted by atomic mass is 9.90. The Labute approximate surface area is 103 Å². The highest BCUT2D eigenvalue weighted by Gasteiger charge is 2.25. The molecule has 0 radical (unpaired) electrons. The summed E-state index contributed by atoms with van der Waals surface area (Å²) in [7, 11) is 1.57. The van der Waals surface area contributed by atoms with Crippen molar-refractivity contribution >= 4 is 21.9 Å². The van der Waals surface area contributed by atoms with E-state index in [0.717, 1.165) is 10.0 Å². The van der Waals surface area contributed by atoms with Gasteiger partial charge in [-0.1, -0.05) is 6.07 Å². The molecule has 0 spiro atoms. The van der Waals surface area contributed by atoms with Crippen molar-refractivity contribution in [3.05, 3.63) is 28.2 Å². The molecule has 1 aromatic rings. The highest BCUT2D eigenvalue weighted by molar-refractivity contribution is 9.10. The van der Waals surface area contributed by atoms with Crippen LogP contribution in [-0.2, 0) is 10.3 Å². The number of halogens is 1. The lowest BCUT2D eigenvalue weighted by molar-refractivity contribution is -0.138. The van der Waals surface area contributed by atoms with E-state index in [4.69, 9.17) is 15.6 Å². The van der Waals surface area contributed by atoms with Gasteiger partial charge in [-0.2, -0.15) is 0 Å². The fourth-order valence-corrected chi connectivity index (χ4v) is 1.98. The lowest BCUT2D eigenvalue weighted by Gasteiger charge is -2.23. The number of nitrogens with two attached hydrogens (primary N) is 1. The summed E-state index contributed by atoms with van der Waals surface area (Å²) in [5.41, 5.74) is 5.82. The average molecular weight is 288 g/mol. The number of carboxylic acids is 1. The van der Waals surface area contributed by atoms with E-state index < -0.39 is 11.5 Å². The quantitative estimate of drug-likeness (QED) is 0.890. The van der Waals surface area contributed by atoms with Gasteiger partial charge in [0.2, 0.25) is 0 Å². The van der Waals surface area contributed by atoms with Crippen molar-refractivity contribution in [2.45, 2.75) is 18.9 Å². The van der Waals surface area contributed by atoms with Crippen LogP contribution >= 0.6 is 15.9 Å². The smallest absolute Gasteiger partial charge is 0.305 e. The monoisotopic (exact) mass is 287 g/mol. The molecule has 5 heteroatoms. The number of ether oxygens (including phenoxy) is 1. The molecule has 1 rings (SSSR count). The molecule has 16 heavy (non-hydrogen) atoms. The summed E-state index contributed by atoms with van der Waals surface area (Å²) in [4.78, 5) is 10.7. The van der Waals surface area contributed by atoms with Crippen LogP contribution in [0.3, 0.4) is 0 Å². The summed E-state index contributed by atoms with van der Waals surface area (Å²) < 4.78 is 5.85. The highest BCUT2D eigenvalue weighted by Crippen LogP contribution is 2.30. The van der Waals surface area contributed by atoms with E-state index in [1.54, 1.807) is 32.2 Å². The van der Waals surface area contributed by atoms with Gasteiger partial charge in [0.1, 0.15) is 5.75 Å². The molecule has 0 bridgehead atoms.